The highest BCUT2D eigenvalue weighted by Crippen LogP contribution is 2.38. The number of benzene rings is 3. The van der Waals surface area contributed by atoms with Gasteiger partial charge in [-0.2, -0.15) is 0 Å². The Bertz CT molecular complexity index is 959. The van der Waals surface area contributed by atoms with Crippen molar-refractivity contribution in [3.63, 3.8) is 0 Å². The Morgan fingerprint density at radius 1 is 0.935 bits per heavy atom. The lowest BCUT2D eigenvalue weighted by Crippen LogP contribution is -2.21. The van der Waals surface area contributed by atoms with E-state index >= 15 is 0 Å². The maximum atomic E-state index is 6.18. The first-order valence-corrected chi connectivity index (χ1v) is 11.8. The Balaban J connectivity index is 1.75. The standard InChI is InChI=1S/C27H32BrNO2/c1-4-11-25(22-13-7-6-8-14-22)29-18-21-16-24(28)27(26(17-21)30-5-2)31-19-23-15-10-9-12-20(23)3/h6-10,12-17,25,29H,4-5,11,18-19H2,1-3H3. The molecule has 0 aliphatic carbocycles. The fraction of sp³-hybridized carbons (Fsp3) is 0.333. The molecule has 0 radical (unpaired) electrons. The van der Waals surface area contributed by atoms with E-state index in [4.69, 9.17) is 9.47 Å². The number of halogens is 1. The Kier molecular flexibility index (Phi) is 8.98. The molecule has 0 spiro atoms. The van der Waals surface area contributed by atoms with Crippen LogP contribution in [-0.4, -0.2) is 6.61 Å². The number of hydrogen-bond acceptors (Lipinski definition) is 3. The van der Waals surface area contributed by atoms with Crippen molar-refractivity contribution in [2.24, 2.45) is 0 Å². The molecule has 3 rings (SSSR count). The van der Waals surface area contributed by atoms with Crippen molar-refractivity contribution in [2.45, 2.75) is 52.8 Å². The topological polar surface area (TPSA) is 30.5 Å². The van der Waals surface area contributed by atoms with Gasteiger partial charge in [-0.1, -0.05) is 67.9 Å². The molecule has 3 aromatic carbocycles. The summed E-state index contributed by atoms with van der Waals surface area (Å²) in [6, 6.07) is 23.5. The van der Waals surface area contributed by atoms with Gasteiger partial charge in [-0.3, -0.25) is 0 Å². The van der Waals surface area contributed by atoms with Crippen molar-refractivity contribution < 1.29 is 9.47 Å². The second kappa shape index (κ2) is 11.9. The third kappa shape index (κ3) is 6.59. The van der Waals surface area contributed by atoms with Crippen molar-refractivity contribution in [3.8, 4) is 11.5 Å². The third-order valence-electron chi connectivity index (χ3n) is 5.33. The van der Waals surface area contributed by atoms with Crippen LogP contribution in [0, 0.1) is 6.92 Å². The van der Waals surface area contributed by atoms with Gasteiger partial charge in [0.05, 0.1) is 11.1 Å². The highest BCUT2D eigenvalue weighted by atomic mass is 79.9. The number of nitrogens with one attached hydrogen (secondary N) is 1. The number of rotatable bonds is 11. The Hall–Kier alpha value is -2.30. The molecule has 0 heterocycles. The van der Waals surface area contributed by atoms with E-state index in [9.17, 15) is 0 Å². The lowest BCUT2D eigenvalue weighted by atomic mass is 10.0. The van der Waals surface area contributed by atoms with Crippen molar-refractivity contribution in [2.75, 3.05) is 6.61 Å². The van der Waals surface area contributed by atoms with E-state index in [0.717, 1.165) is 40.9 Å². The molecule has 0 bridgehead atoms. The molecule has 0 fully saturated rings. The second-order valence-corrected chi connectivity index (χ2v) is 8.54. The van der Waals surface area contributed by atoms with Crippen LogP contribution in [0.3, 0.4) is 0 Å². The van der Waals surface area contributed by atoms with Gasteiger partial charge in [0.15, 0.2) is 11.5 Å². The SMILES string of the molecule is CCCC(NCc1cc(Br)c(OCc2ccccc2C)c(OCC)c1)c1ccccc1. The fourth-order valence-corrected chi connectivity index (χ4v) is 4.25. The van der Waals surface area contributed by atoms with Crippen LogP contribution in [0.15, 0.2) is 71.2 Å². The van der Waals surface area contributed by atoms with Crippen LogP contribution in [0.25, 0.3) is 0 Å². The first-order valence-electron chi connectivity index (χ1n) is 11.0. The van der Waals surface area contributed by atoms with Crippen molar-refractivity contribution in [1.29, 1.82) is 0 Å². The normalized spacial score (nSPS) is 11.9. The zero-order valence-corrected chi connectivity index (χ0v) is 20.2. The summed E-state index contributed by atoms with van der Waals surface area (Å²) in [4.78, 5) is 0. The van der Waals surface area contributed by atoms with Gasteiger partial charge in [-0.15, -0.1) is 0 Å². The molecule has 1 atom stereocenters. The first kappa shape index (κ1) is 23.4. The molecule has 0 aromatic heterocycles. The predicted octanol–water partition coefficient (Wildman–Crippen LogP) is 7.37. The van der Waals surface area contributed by atoms with Crippen LogP contribution in [0.1, 0.15) is 55.0 Å². The lowest BCUT2D eigenvalue weighted by molar-refractivity contribution is 0.267. The number of aryl methyl sites for hydroxylation is 1. The van der Waals surface area contributed by atoms with E-state index < -0.39 is 0 Å². The van der Waals surface area contributed by atoms with Gasteiger partial charge >= 0.3 is 0 Å². The van der Waals surface area contributed by atoms with Crippen molar-refractivity contribution in [1.82, 2.24) is 5.32 Å². The Morgan fingerprint density at radius 2 is 1.68 bits per heavy atom. The molecule has 3 aromatic rings. The van der Waals surface area contributed by atoms with Crippen LogP contribution in [0.5, 0.6) is 11.5 Å². The summed E-state index contributed by atoms with van der Waals surface area (Å²) >= 11 is 3.71. The zero-order valence-electron chi connectivity index (χ0n) is 18.7. The molecule has 0 saturated heterocycles. The minimum atomic E-state index is 0.331. The average Bonchev–Trinajstić information content (AvgIpc) is 2.78. The summed E-state index contributed by atoms with van der Waals surface area (Å²) in [5.74, 6) is 1.52. The Labute approximate surface area is 194 Å². The lowest BCUT2D eigenvalue weighted by Gasteiger charge is -2.20. The molecule has 3 nitrogen and oxygen atoms in total. The molecule has 1 N–H and O–H groups in total. The Morgan fingerprint density at radius 3 is 2.39 bits per heavy atom. The first-order chi connectivity index (χ1) is 15.1. The van der Waals surface area contributed by atoms with E-state index in [0.29, 0.717) is 19.3 Å². The smallest absolute Gasteiger partial charge is 0.175 e. The van der Waals surface area contributed by atoms with Gasteiger partial charge in [0, 0.05) is 12.6 Å². The van der Waals surface area contributed by atoms with Gasteiger partial charge in [0.25, 0.3) is 0 Å². The average molecular weight is 482 g/mol. The van der Waals surface area contributed by atoms with Crippen molar-refractivity contribution >= 4 is 15.9 Å². The van der Waals surface area contributed by atoms with E-state index in [1.54, 1.807) is 0 Å². The second-order valence-electron chi connectivity index (χ2n) is 7.69. The molecular formula is C27H32BrNO2. The largest absolute Gasteiger partial charge is 0.490 e. The summed E-state index contributed by atoms with van der Waals surface area (Å²) in [5, 5.41) is 3.72. The molecule has 164 valence electrons. The molecule has 31 heavy (non-hydrogen) atoms. The maximum Gasteiger partial charge on any atom is 0.175 e. The minimum absolute atomic E-state index is 0.331. The van der Waals surface area contributed by atoms with Gasteiger partial charge in [0.2, 0.25) is 0 Å². The summed E-state index contributed by atoms with van der Waals surface area (Å²) < 4.78 is 13.0. The minimum Gasteiger partial charge on any atom is -0.490 e. The quantitative estimate of drug-likeness (QED) is 0.310. The summed E-state index contributed by atoms with van der Waals surface area (Å²) in [5.41, 5.74) is 4.88. The summed E-state index contributed by atoms with van der Waals surface area (Å²) in [7, 11) is 0. The van der Waals surface area contributed by atoms with Crippen LogP contribution < -0.4 is 14.8 Å². The molecular weight excluding hydrogens is 450 g/mol. The van der Waals surface area contributed by atoms with Gasteiger partial charge in [-0.05, 0) is 70.6 Å². The molecule has 0 aliphatic rings. The fourth-order valence-electron chi connectivity index (χ4n) is 3.65. The van der Waals surface area contributed by atoms with E-state index in [1.165, 1.54) is 16.7 Å². The third-order valence-corrected chi connectivity index (χ3v) is 5.92. The zero-order chi connectivity index (χ0) is 22.1. The van der Waals surface area contributed by atoms with Crippen molar-refractivity contribution in [3.05, 3.63) is 93.5 Å². The van der Waals surface area contributed by atoms with Crippen LogP contribution >= 0.6 is 15.9 Å². The molecule has 1 unspecified atom stereocenters. The van der Waals surface area contributed by atoms with Gasteiger partial charge in [-0.25, -0.2) is 0 Å². The molecule has 0 saturated carbocycles. The highest BCUT2D eigenvalue weighted by molar-refractivity contribution is 9.10. The van der Waals surface area contributed by atoms with E-state index in [2.05, 4.69) is 89.7 Å². The maximum absolute atomic E-state index is 6.18. The van der Waals surface area contributed by atoms with Crippen LogP contribution in [-0.2, 0) is 13.2 Å². The highest BCUT2D eigenvalue weighted by Gasteiger charge is 2.15. The number of hydrogen-bond donors (Lipinski definition) is 1. The summed E-state index contributed by atoms with van der Waals surface area (Å²) in [6.45, 7) is 8.18. The molecule has 0 aliphatic heterocycles. The van der Waals surface area contributed by atoms with Crippen LogP contribution in [0.4, 0.5) is 0 Å². The summed E-state index contributed by atoms with van der Waals surface area (Å²) in [6.07, 6.45) is 2.23. The number of ether oxygens (including phenoxy) is 2. The van der Waals surface area contributed by atoms with E-state index in [1.807, 2.05) is 19.1 Å². The monoisotopic (exact) mass is 481 g/mol. The predicted molar refractivity (Wildman–Crippen MR) is 132 cm³/mol. The van der Waals surface area contributed by atoms with Crippen LogP contribution in [0.2, 0.25) is 0 Å². The van der Waals surface area contributed by atoms with Gasteiger partial charge < -0.3 is 14.8 Å². The molecule has 4 heteroatoms. The van der Waals surface area contributed by atoms with E-state index in [-0.39, 0.29) is 0 Å². The van der Waals surface area contributed by atoms with Gasteiger partial charge in [0.1, 0.15) is 6.61 Å². The molecule has 0 amide bonds.